The molecule has 0 saturated heterocycles. The van der Waals surface area contributed by atoms with E-state index in [1.807, 2.05) is 56.4 Å². The van der Waals surface area contributed by atoms with Crippen molar-refractivity contribution in [2.24, 2.45) is 0 Å². The Kier molecular flexibility index (Phi) is 5.75. The summed E-state index contributed by atoms with van der Waals surface area (Å²) in [5, 5.41) is 14.4. The summed E-state index contributed by atoms with van der Waals surface area (Å²) in [6.45, 7) is 3.88. The van der Waals surface area contributed by atoms with Crippen LogP contribution in [0.3, 0.4) is 0 Å². The predicted octanol–water partition coefficient (Wildman–Crippen LogP) is 3.77. The largest absolute Gasteiger partial charge is 0.340 e. The highest BCUT2D eigenvalue weighted by atomic mass is 32.1. The molecular formula is C20H20N8OS. The lowest BCUT2D eigenvalue weighted by Crippen LogP contribution is -2.12. The summed E-state index contributed by atoms with van der Waals surface area (Å²) in [5.41, 5.74) is 2.27. The molecule has 0 aliphatic carbocycles. The number of hydrogen-bond donors (Lipinski definition) is 2. The first-order chi connectivity index (χ1) is 14.6. The zero-order chi connectivity index (χ0) is 20.9. The van der Waals surface area contributed by atoms with Gasteiger partial charge in [0, 0.05) is 29.8 Å². The molecule has 0 fully saturated rings. The molecule has 10 heteroatoms. The van der Waals surface area contributed by atoms with Crippen LogP contribution in [0, 0.1) is 6.92 Å². The van der Waals surface area contributed by atoms with Crippen LogP contribution in [0.15, 0.2) is 48.8 Å². The van der Waals surface area contributed by atoms with Gasteiger partial charge in [-0.05, 0) is 55.2 Å². The summed E-state index contributed by atoms with van der Waals surface area (Å²) in [4.78, 5) is 21.9. The lowest BCUT2D eigenvalue weighted by Gasteiger charge is -2.10. The molecule has 0 spiro atoms. The molecule has 0 atom stereocenters. The molecular weight excluding hydrogens is 400 g/mol. The molecule has 0 aliphatic rings. The topological polar surface area (TPSA) is 111 Å². The SMILES string of the molecule is CCCc1nnsc1C(=O)Nc1ccc(Nc2cc(-n3cccn3)nc(C)n2)cc1. The average molecular weight is 421 g/mol. The predicted molar refractivity (Wildman–Crippen MR) is 115 cm³/mol. The molecule has 1 aromatic carbocycles. The minimum Gasteiger partial charge on any atom is -0.340 e. The summed E-state index contributed by atoms with van der Waals surface area (Å²) in [5.74, 6) is 1.78. The second kappa shape index (κ2) is 8.78. The summed E-state index contributed by atoms with van der Waals surface area (Å²) in [6, 6.07) is 11.1. The molecule has 152 valence electrons. The van der Waals surface area contributed by atoms with Crippen molar-refractivity contribution >= 4 is 34.6 Å². The molecule has 2 N–H and O–H groups in total. The van der Waals surface area contributed by atoms with E-state index in [2.05, 4.69) is 35.3 Å². The number of hydrogen-bond acceptors (Lipinski definition) is 8. The normalized spacial score (nSPS) is 10.7. The molecule has 0 radical (unpaired) electrons. The fraction of sp³-hybridized carbons (Fsp3) is 0.200. The molecule has 3 aromatic heterocycles. The quantitative estimate of drug-likeness (QED) is 0.468. The van der Waals surface area contributed by atoms with Gasteiger partial charge in [0.15, 0.2) is 5.82 Å². The van der Waals surface area contributed by atoms with Gasteiger partial charge in [-0.1, -0.05) is 17.8 Å². The fourth-order valence-corrected chi connectivity index (χ4v) is 3.50. The van der Waals surface area contributed by atoms with E-state index in [-0.39, 0.29) is 5.91 Å². The Labute approximate surface area is 177 Å². The summed E-state index contributed by atoms with van der Waals surface area (Å²) < 4.78 is 5.58. The number of benzene rings is 1. The van der Waals surface area contributed by atoms with Crippen molar-refractivity contribution in [3.63, 3.8) is 0 Å². The molecule has 0 bridgehead atoms. The molecule has 4 aromatic rings. The van der Waals surface area contributed by atoms with Gasteiger partial charge < -0.3 is 10.6 Å². The fourth-order valence-electron chi connectivity index (χ4n) is 2.89. The van der Waals surface area contributed by atoms with Gasteiger partial charge in [-0.3, -0.25) is 4.79 Å². The van der Waals surface area contributed by atoms with Crippen molar-refractivity contribution in [3.8, 4) is 5.82 Å². The van der Waals surface area contributed by atoms with Crippen LogP contribution in [0.25, 0.3) is 5.82 Å². The maximum atomic E-state index is 12.5. The molecule has 0 unspecified atom stereocenters. The van der Waals surface area contributed by atoms with E-state index in [0.717, 1.165) is 35.8 Å². The van der Waals surface area contributed by atoms with Gasteiger partial charge >= 0.3 is 0 Å². The minimum absolute atomic E-state index is 0.190. The van der Waals surface area contributed by atoms with Crippen molar-refractivity contribution < 1.29 is 4.79 Å². The Morgan fingerprint density at radius 2 is 1.97 bits per heavy atom. The second-order valence-electron chi connectivity index (χ2n) is 6.56. The number of rotatable bonds is 7. The molecule has 4 rings (SSSR count). The third-order valence-electron chi connectivity index (χ3n) is 4.23. The van der Waals surface area contributed by atoms with Crippen LogP contribution >= 0.6 is 11.5 Å². The minimum atomic E-state index is -0.190. The van der Waals surface area contributed by atoms with Crippen LogP contribution in [0.5, 0.6) is 0 Å². The standard InChI is InChI=1S/C20H20N8OS/c1-3-5-16-19(30-27-26-16)20(29)25-15-8-6-14(7-9-15)24-17-12-18(23-13(2)22-17)28-11-4-10-21-28/h4,6-12H,3,5H2,1-2H3,(H,25,29)(H,22,23,24). The summed E-state index contributed by atoms with van der Waals surface area (Å²) >= 11 is 1.12. The Morgan fingerprint density at radius 3 is 2.70 bits per heavy atom. The molecule has 30 heavy (non-hydrogen) atoms. The Hall–Kier alpha value is -3.66. The molecule has 3 heterocycles. The summed E-state index contributed by atoms with van der Waals surface area (Å²) in [6.07, 6.45) is 5.18. The maximum Gasteiger partial charge on any atom is 0.269 e. The van der Waals surface area contributed by atoms with Crippen LogP contribution in [-0.4, -0.2) is 35.2 Å². The van der Waals surface area contributed by atoms with Crippen molar-refractivity contribution in [3.05, 3.63) is 65.2 Å². The third-order valence-corrected chi connectivity index (χ3v) is 4.99. The van der Waals surface area contributed by atoms with Gasteiger partial charge in [0.1, 0.15) is 16.5 Å². The first-order valence-corrected chi connectivity index (χ1v) is 10.2. The Balaban J connectivity index is 1.45. The molecule has 1 amide bonds. The van der Waals surface area contributed by atoms with Gasteiger partial charge in [0.2, 0.25) is 0 Å². The van der Waals surface area contributed by atoms with Gasteiger partial charge in [-0.15, -0.1) is 5.10 Å². The molecule has 0 aliphatic heterocycles. The zero-order valence-electron chi connectivity index (χ0n) is 16.5. The lowest BCUT2D eigenvalue weighted by atomic mass is 10.2. The third kappa shape index (κ3) is 4.49. The monoisotopic (exact) mass is 420 g/mol. The lowest BCUT2D eigenvalue weighted by molar-refractivity contribution is 0.102. The van der Waals surface area contributed by atoms with Crippen molar-refractivity contribution in [2.45, 2.75) is 26.7 Å². The number of nitrogens with one attached hydrogen (secondary N) is 2. The van der Waals surface area contributed by atoms with E-state index < -0.39 is 0 Å². The number of aryl methyl sites for hydroxylation is 2. The van der Waals surface area contributed by atoms with Gasteiger partial charge in [-0.2, -0.15) is 5.10 Å². The van der Waals surface area contributed by atoms with E-state index in [1.165, 1.54) is 0 Å². The number of amides is 1. The number of anilines is 3. The van der Waals surface area contributed by atoms with Gasteiger partial charge in [0.05, 0.1) is 5.69 Å². The number of nitrogens with zero attached hydrogens (tertiary/aromatic N) is 6. The molecule has 0 saturated carbocycles. The van der Waals surface area contributed by atoms with E-state index >= 15 is 0 Å². The smallest absolute Gasteiger partial charge is 0.269 e. The van der Waals surface area contributed by atoms with E-state index in [9.17, 15) is 4.79 Å². The number of carbonyl (C=O) groups excluding carboxylic acids is 1. The van der Waals surface area contributed by atoms with Crippen LogP contribution in [0.1, 0.15) is 34.5 Å². The van der Waals surface area contributed by atoms with Crippen molar-refractivity contribution in [1.29, 1.82) is 0 Å². The van der Waals surface area contributed by atoms with Crippen LogP contribution in [0.2, 0.25) is 0 Å². The Morgan fingerprint density at radius 1 is 1.17 bits per heavy atom. The van der Waals surface area contributed by atoms with E-state index in [1.54, 1.807) is 10.9 Å². The highest BCUT2D eigenvalue weighted by molar-refractivity contribution is 7.08. The number of aromatic nitrogens is 6. The van der Waals surface area contributed by atoms with Crippen LogP contribution in [-0.2, 0) is 6.42 Å². The highest BCUT2D eigenvalue weighted by Crippen LogP contribution is 2.21. The average Bonchev–Trinajstić information content (AvgIpc) is 3.41. The first kappa shape index (κ1) is 19.6. The zero-order valence-corrected chi connectivity index (χ0v) is 17.3. The maximum absolute atomic E-state index is 12.5. The van der Waals surface area contributed by atoms with Crippen molar-refractivity contribution in [1.82, 2.24) is 29.3 Å². The Bertz CT molecular complexity index is 1140. The van der Waals surface area contributed by atoms with Gasteiger partial charge in [0.25, 0.3) is 5.91 Å². The van der Waals surface area contributed by atoms with Crippen LogP contribution in [0.4, 0.5) is 17.2 Å². The summed E-state index contributed by atoms with van der Waals surface area (Å²) in [7, 11) is 0. The van der Waals surface area contributed by atoms with E-state index in [0.29, 0.717) is 28.0 Å². The number of carbonyl (C=O) groups is 1. The van der Waals surface area contributed by atoms with Crippen molar-refractivity contribution in [2.75, 3.05) is 10.6 Å². The second-order valence-corrected chi connectivity index (χ2v) is 7.32. The van der Waals surface area contributed by atoms with Crippen LogP contribution < -0.4 is 10.6 Å². The first-order valence-electron chi connectivity index (χ1n) is 9.47. The molecule has 9 nitrogen and oxygen atoms in total. The highest BCUT2D eigenvalue weighted by Gasteiger charge is 2.15. The van der Waals surface area contributed by atoms with Gasteiger partial charge in [-0.25, -0.2) is 14.6 Å². The van der Waals surface area contributed by atoms with E-state index in [4.69, 9.17) is 0 Å².